The van der Waals surface area contributed by atoms with Gasteiger partial charge in [-0.2, -0.15) is 0 Å². The Morgan fingerprint density at radius 3 is 2.82 bits per heavy atom. The van der Waals surface area contributed by atoms with Gasteiger partial charge >= 0.3 is 5.97 Å². The molecule has 0 aromatic heterocycles. The molecule has 2 atom stereocenters. The molecule has 2 aliphatic heterocycles. The van der Waals surface area contributed by atoms with Gasteiger partial charge in [0.05, 0.1) is 19.6 Å². The standard InChI is InChI=1S/C22H30O5Si/c1-5-24-20(23)15-22(11-13-28(2,3)4)16-26-19-14-17(9-10-18(19)22)27-21-8-6-7-12-25-21/h9-10,14,21H,5-8,12,15-16H2,1-4H3. The molecule has 0 bridgehead atoms. The number of hydrogen-bond donors (Lipinski definition) is 0. The van der Waals surface area contributed by atoms with Gasteiger partial charge in [0.15, 0.2) is 6.29 Å². The first-order chi connectivity index (χ1) is 13.3. The molecule has 6 heteroatoms. The lowest BCUT2D eigenvalue weighted by Gasteiger charge is -2.24. The molecular weight excluding hydrogens is 372 g/mol. The Labute approximate surface area is 168 Å². The first-order valence-electron chi connectivity index (χ1n) is 10.1. The number of esters is 1. The first kappa shape index (κ1) is 20.8. The van der Waals surface area contributed by atoms with Crippen molar-refractivity contribution in [3.05, 3.63) is 23.8 Å². The number of carbonyl (C=O) groups is 1. The molecule has 0 aliphatic carbocycles. The average Bonchev–Trinajstić information content (AvgIpc) is 2.99. The van der Waals surface area contributed by atoms with Crippen LogP contribution in [0.5, 0.6) is 11.5 Å². The molecule has 3 rings (SSSR count). The van der Waals surface area contributed by atoms with E-state index in [2.05, 4.69) is 31.1 Å². The van der Waals surface area contributed by atoms with E-state index in [1.54, 1.807) is 0 Å². The molecule has 2 unspecified atom stereocenters. The Bertz CT molecular complexity index is 767. The highest BCUT2D eigenvalue weighted by molar-refractivity contribution is 6.83. The van der Waals surface area contributed by atoms with Crippen LogP contribution >= 0.6 is 0 Å². The zero-order valence-corrected chi connectivity index (χ0v) is 18.3. The van der Waals surface area contributed by atoms with Gasteiger partial charge in [-0.1, -0.05) is 25.6 Å². The van der Waals surface area contributed by atoms with E-state index in [0.717, 1.165) is 42.9 Å². The lowest BCUT2D eigenvalue weighted by atomic mass is 9.80. The Kier molecular flexibility index (Phi) is 6.36. The maximum atomic E-state index is 12.3. The van der Waals surface area contributed by atoms with E-state index in [4.69, 9.17) is 18.9 Å². The highest BCUT2D eigenvalue weighted by atomic mass is 28.3. The molecule has 1 aromatic rings. The molecule has 28 heavy (non-hydrogen) atoms. The molecule has 0 spiro atoms. The summed E-state index contributed by atoms with van der Waals surface area (Å²) >= 11 is 0. The van der Waals surface area contributed by atoms with Crippen LogP contribution in [0.3, 0.4) is 0 Å². The zero-order valence-electron chi connectivity index (χ0n) is 17.3. The number of carbonyl (C=O) groups excluding carboxylic acids is 1. The summed E-state index contributed by atoms with van der Waals surface area (Å²) in [5.74, 6) is 4.59. The van der Waals surface area contributed by atoms with Crippen LogP contribution in [0.2, 0.25) is 19.6 Å². The molecule has 1 saturated heterocycles. The normalized spacial score (nSPS) is 23.8. The third-order valence-corrected chi connectivity index (χ3v) is 5.65. The topological polar surface area (TPSA) is 54.0 Å². The van der Waals surface area contributed by atoms with Crippen molar-refractivity contribution in [1.82, 2.24) is 0 Å². The van der Waals surface area contributed by atoms with Gasteiger partial charge in [-0.15, -0.1) is 5.54 Å². The van der Waals surface area contributed by atoms with Crippen LogP contribution in [0.4, 0.5) is 0 Å². The minimum absolute atomic E-state index is 0.192. The second kappa shape index (κ2) is 8.58. The maximum Gasteiger partial charge on any atom is 0.307 e. The molecule has 152 valence electrons. The number of hydrogen-bond acceptors (Lipinski definition) is 5. The molecule has 0 radical (unpaired) electrons. The average molecular weight is 403 g/mol. The fourth-order valence-electron chi connectivity index (χ4n) is 3.38. The van der Waals surface area contributed by atoms with Crippen LogP contribution in [0.25, 0.3) is 0 Å². The van der Waals surface area contributed by atoms with Crippen molar-refractivity contribution in [1.29, 1.82) is 0 Å². The van der Waals surface area contributed by atoms with Crippen molar-refractivity contribution < 1.29 is 23.7 Å². The summed E-state index contributed by atoms with van der Waals surface area (Å²) in [5.41, 5.74) is 3.69. The van der Waals surface area contributed by atoms with Gasteiger partial charge in [-0.05, 0) is 31.9 Å². The van der Waals surface area contributed by atoms with Crippen LogP contribution < -0.4 is 9.47 Å². The van der Waals surface area contributed by atoms with E-state index in [1.807, 2.05) is 25.1 Å². The van der Waals surface area contributed by atoms with E-state index in [9.17, 15) is 4.79 Å². The number of benzene rings is 1. The van der Waals surface area contributed by atoms with Gasteiger partial charge in [0, 0.05) is 18.1 Å². The van der Waals surface area contributed by atoms with Gasteiger partial charge in [0.25, 0.3) is 0 Å². The fourth-order valence-corrected chi connectivity index (χ4v) is 4.00. The molecule has 0 saturated carbocycles. The Morgan fingerprint density at radius 1 is 1.32 bits per heavy atom. The van der Waals surface area contributed by atoms with Gasteiger partial charge < -0.3 is 18.9 Å². The Hall–Kier alpha value is -1.97. The zero-order chi connectivity index (χ0) is 20.2. The molecule has 1 aromatic carbocycles. The molecular formula is C22H30O5Si. The largest absolute Gasteiger partial charge is 0.491 e. The van der Waals surface area contributed by atoms with Gasteiger partial charge in [-0.3, -0.25) is 4.79 Å². The van der Waals surface area contributed by atoms with E-state index in [0.29, 0.717) is 13.2 Å². The van der Waals surface area contributed by atoms with E-state index in [1.165, 1.54) is 0 Å². The SMILES string of the molecule is CCOC(=O)CC1(C#C[Si](C)(C)C)COc2cc(OC3CCCCO3)ccc21. The molecule has 0 amide bonds. The van der Waals surface area contributed by atoms with Gasteiger partial charge in [-0.25, -0.2) is 0 Å². The fraction of sp³-hybridized carbons (Fsp3) is 0.591. The quantitative estimate of drug-likeness (QED) is 0.422. The predicted molar refractivity (Wildman–Crippen MR) is 110 cm³/mol. The summed E-state index contributed by atoms with van der Waals surface area (Å²) < 4.78 is 22.8. The third kappa shape index (κ3) is 5.09. The van der Waals surface area contributed by atoms with Crippen molar-refractivity contribution in [2.75, 3.05) is 19.8 Å². The van der Waals surface area contributed by atoms with Gasteiger partial charge in [0.2, 0.25) is 0 Å². The number of ether oxygens (including phenoxy) is 4. The van der Waals surface area contributed by atoms with E-state index >= 15 is 0 Å². The lowest BCUT2D eigenvalue weighted by molar-refractivity contribution is -0.144. The van der Waals surface area contributed by atoms with Gasteiger partial charge in [0.1, 0.15) is 31.6 Å². The molecule has 2 heterocycles. The molecule has 1 fully saturated rings. The summed E-state index contributed by atoms with van der Waals surface area (Å²) in [6, 6.07) is 5.77. The Morgan fingerprint density at radius 2 is 2.14 bits per heavy atom. The maximum absolute atomic E-state index is 12.3. The molecule has 2 aliphatic rings. The first-order valence-corrected chi connectivity index (χ1v) is 13.6. The highest BCUT2D eigenvalue weighted by Gasteiger charge is 2.42. The van der Waals surface area contributed by atoms with E-state index in [-0.39, 0.29) is 18.7 Å². The third-order valence-electron chi connectivity index (χ3n) is 4.78. The number of fused-ring (bicyclic) bond motifs is 1. The number of rotatable bonds is 5. The van der Waals surface area contributed by atoms with E-state index < -0.39 is 13.5 Å². The minimum atomic E-state index is -1.61. The summed E-state index contributed by atoms with van der Waals surface area (Å²) in [6.07, 6.45) is 3.08. The van der Waals surface area contributed by atoms with Crippen LogP contribution in [-0.2, 0) is 19.7 Å². The van der Waals surface area contributed by atoms with Crippen molar-refractivity contribution in [3.8, 4) is 23.0 Å². The molecule has 5 nitrogen and oxygen atoms in total. The summed E-state index contributed by atoms with van der Waals surface area (Å²) in [7, 11) is -1.61. The smallest absolute Gasteiger partial charge is 0.307 e. The van der Waals surface area contributed by atoms with Crippen molar-refractivity contribution >= 4 is 14.0 Å². The van der Waals surface area contributed by atoms with Crippen molar-refractivity contribution in [2.24, 2.45) is 0 Å². The highest BCUT2D eigenvalue weighted by Crippen LogP contribution is 2.43. The lowest BCUT2D eigenvalue weighted by Crippen LogP contribution is -2.31. The van der Waals surface area contributed by atoms with Crippen molar-refractivity contribution in [3.63, 3.8) is 0 Å². The minimum Gasteiger partial charge on any atom is -0.491 e. The predicted octanol–water partition coefficient (Wildman–Crippen LogP) is 4.06. The monoisotopic (exact) mass is 402 g/mol. The van der Waals surface area contributed by atoms with Crippen LogP contribution in [0.1, 0.15) is 38.2 Å². The summed E-state index contributed by atoms with van der Waals surface area (Å²) in [4.78, 5) is 12.3. The summed E-state index contributed by atoms with van der Waals surface area (Å²) in [6.45, 7) is 9.83. The Balaban J connectivity index is 1.87. The second-order valence-corrected chi connectivity index (χ2v) is 13.2. The van der Waals surface area contributed by atoms with Crippen LogP contribution in [-0.4, -0.2) is 40.2 Å². The van der Waals surface area contributed by atoms with Crippen LogP contribution in [0, 0.1) is 11.5 Å². The molecule has 0 N–H and O–H groups in total. The second-order valence-electron chi connectivity index (χ2n) is 8.42. The van der Waals surface area contributed by atoms with Crippen molar-refractivity contribution in [2.45, 2.75) is 64.0 Å². The van der Waals surface area contributed by atoms with Crippen LogP contribution in [0.15, 0.2) is 18.2 Å². The summed E-state index contributed by atoms with van der Waals surface area (Å²) in [5, 5.41) is 0.